The molecule has 1 amide bonds. The standard InChI is InChI=1S/C18H19NO3/c1-3-12(2)14-6-4-5-7-15(14)19-18(20)13-8-9-16-17(10-13)22-11-21-16/h4-10,12H,3,11H2,1-2H3,(H,19,20). The van der Waals surface area contributed by atoms with Gasteiger partial charge in [-0.05, 0) is 42.2 Å². The molecule has 0 saturated carbocycles. The molecule has 1 atom stereocenters. The molecule has 1 heterocycles. The van der Waals surface area contributed by atoms with Gasteiger partial charge in [-0.2, -0.15) is 0 Å². The summed E-state index contributed by atoms with van der Waals surface area (Å²) >= 11 is 0. The summed E-state index contributed by atoms with van der Waals surface area (Å²) in [6.07, 6.45) is 1.02. The molecule has 0 aliphatic carbocycles. The number of anilines is 1. The molecule has 2 aromatic carbocycles. The van der Waals surface area contributed by atoms with Gasteiger partial charge in [-0.3, -0.25) is 4.79 Å². The van der Waals surface area contributed by atoms with Crippen molar-refractivity contribution in [2.45, 2.75) is 26.2 Å². The van der Waals surface area contributed by atoms with Crippen molar-refractivity contribution < 1.29 is 14.3 Å². The van der Waals surface area contributed by atoms with Crippen LogP contribution in [0.2, 0.25) is 0 Å². The van der Waals surface area contributed by atoms with Crippen molar-refractivity contribution in [2.24, 2.45) is 0 Å². The van der Waals surface area contributed by atoms with E-state index < -0.39 is 0 Å². The van der Waals surface area contributed by atoms with Gasteiger partial charge in [0.1, 0.15) is 0 Å². The second kappa shape index (κ2) is 6.10. The van der Waals surface area contributed by atoms with Gasteiger partial charge < -0.3 is 14.8 Å². The smallest absolute Gasteiger partial charge is 0.255 e. The monoisotopic (exact) mass is 297 g/mol. The summed E-state index contributed by atoms with van der Waals surface area (Å²) in [7, 11) is 0. The fourth-order valence-electron chi connectivity index (χ4n) is 2.49. The summed E-state index contributed by atoms with van der Waals surface area (Å²) in [6.45, 7) is 4.50. The molecule has 4 heteroatoms. The van der Waals surface area contributed by atoms with Crippen molar-refractivity contribution in [3.63, 3.8) is 0 Å². The van der Waals surface area contributed by atoms with Crippen LogP contribution in [0.25, 0.3) is 0 Å². The van der Waals surface area contributed by atoms with E-state index in [0.29, 0.717) is 23.0 Å². The van der Waals surface area contributed by atoms with E-state index >= 15 is 0 Å². The van der Waals surface area contributed by atoms with Gasteiger partial charge in [0, 0.05) is 11.3 Å². The van der Waals surface area contributed by atoms with Gasteiger partial charge in [0.25, 0.3) is 5.91 Å². The third-order valence-electron chi connectivity index (χ3n) is 3.99. The first-order valence-corrected chi connectivity index (χ1v) is 7.49. The third kappa shape index (κ3) is 2.77. The zero-order valence-electron chi connectivity index (χ0n) is 12.8. The highest BCUT2D eigenvalue weighted by molar-refractivity contribution is 6.05. The number of para-hydroxylation sites is 1. The minimum atomic E-state index is -0.144. The van der Waals surface area contributed by atoms with Crippen molar-refractivity contribution in [3.05, 3.63) is 53.6 Å². The van der Waals surface area contributed by atoms with Crippen LogP contribution in [-0.2, 0) is 0 Å². The molecule has 22 heavy (non-hydrogen) atoms. The average Bonchev–Trinajstić information content (AvgIpc) is 3.02. The van der Waals surface area contributed by atoms with Crippen molar-refractivity contribution >= 4 is 11.6 Å². The molecule has 0 spiro atoms. The Kier molecular flexibility index (Phi) is 4.00. The van der Waals surface area contributed by atoms with Gasteiger partial charge in [-0.25, -0.2) is 0 Å². The van der Waals surface area contributed by atoms with Crippen LogP contribution in [0.5, 0.6) is 11.5 Å². The van der Waals surface area contributed by atoms with E-state index in [-0.39, 0.29) is 12.7 Å². The zero-order valence-corrected chi connectivity index (χ0v) is 12.8. The number of hydrogen-bond acceptors (Lipinski definition) is 3. The first kappa shape index (κ1) is 14.4. The zero-order chi connectivity index (χ0) is 15.5. The minimum absolute atomic E-state index is 0.144. The number of amides is 1. The van der Waals surface area contributed by atoms with Crippen LogP contribution in [0, 0.1) is 0 Å². The van der Waals surface area contributed by atoms with E-state index in [2.05, 4.69) is 25.2 Å². The maximum absolute atomic E-state index is 12.5. The Morgan fingerprint density at radius 3 is 2.77 bits per heavy atom. The highest BCUT2D eigenvalue weighted by Crippen LogP contribution is 2.33. The molecule has 0 aromatic heterocycles. The summed E-state index contributed by atoms with van der Waals surface area (Å²) in [5.74, 6) is 1.54. The molecule has 0 bridgehead atoms. The van der Waals surface area contributed by atoms with Gasteiger partial charge in [-0.1, -0.05) is 32.0 Å². The van der Waals surface area contributed by atoms with Crippen molar-refractivity contribution in [2.75, 3.05) is 12.1 Å². The molecule has 1 aliphatic heterocycles. The van der Waals surface area contributed by atoms with Gasteiger partial charge in [0.2, 0.25) is 6.79 Å². The summed E-state index contributed by atoms with van der Waals surface area (Å²) in [6, 6.07) is 13.1. The molecular weight excluding hydrogens is 278 g/mol. The van der Waals surface area contributed by atoms with E-state index in [4.69, 9.17) is 9.47 Å². The van der Waals surface area contributed by atoms with Crippen molar-refractivity contribution in [3.8, 4) is 11.5 Å². The van der Waals surface area contributed by atoms with E-state index in [1.54, 1.807) is 18.2 Å². The minimum Gasteiger partial charge on any atom is -0.454 e. The summed E-state index contributed by atoms with van der Waals surface area (Å²) in [4.78, 5) is 12.5. The highest BCUT2D eigenvalue weighted by Gasteiger charge is 2.17. The predicted octanol–water partition coefficient (Wildman–Crippen LogP) is 4.18. The molecule has 0 radical (unpaired) electrons. The number of rotatable bonds is 4. The number of hydrogen-bond donors (Lipinski definition) is 1. The Labute approximate surface area is 130 Å². The maximum Gasteiger partial charge on any atom is 0.255 e. The van der Waals surface area contributed by atoms with E-state index in [1.165, 1.54) is 0 Å². The molecule has 1 aliphatic rings. The van der Waals surface area contributed by atoms with E-state index in [9.17, 15) is 4.79 Å². The Hall–Kier alpha value is -2.49. The third-order valence-corrected chi connectivity index (χ3v) is 3.99. The lowest BCUT2D eigenvalue weighted by Gasteiger charge is -2.15. The molecule has 0 fully saturated rings. The molecule has 0 saturated heterocycles. The first-order valence-electron chi connectivity index (χ1n) is 7.49. The number of carbonyl (C=O) groups is 1. The number of ether oxygens (including phenoxy) is 2. The molecule has 114 valence electrons. The second-order valence-corrected chi connectivity index (χ2v) is 5.42. The average molecular weight is 297 g/mol. The Morgan fingerprint density at radius 2 is 1.95 bits per heavy atom. The highest BCUT2D eigenvalue weighted by atomic mass is 16.7. The quantitative estimate of drug-likeness (QED) is 0.921. The van der Waals surface area contributed by atoms with Crippen LogP contribution >= 0.6 is 0 Å². The summed E-state index contributed by atoms with van der Waals surface area (Å²) in [5.41, 5.74) is 2.57. The largest absolute Gasteiger partial charge is 0.454 e. The predicted molar refractivity (Wildman–Crippen MR) is 85.7 cm³/mol. The van der Waals surface area contributed by atoms with E-state index in [1.807, 2.05) is 18.2 Å². The molecule has 3 rings (SSSR count). The normalized spacial score (nSPS) is 13.7. The van der Waals surface area contributed by atoms with Gasteiger partial charge in [0.15, 0.2) is 11.5 Å². The number of carbonyl (C=O) groups excluding carboxylic acids is 1. The van der Waals surface area contributed by atoms with E-state index in [0.717, 1.165) is 17.7 Å². The lowest BCUT2D eigenvalue weighted by molar-refractivity contribution is 0.102. The first-order chi connectivity index (χ1) is 10.7. The van der Waals surface area contributed by atoms with Crippen LogP contribution in [0.3, 0.4) is 0 Å². The number of benzene rings is 2. The molecule has 4 nitrogen and oxygen atoms in total. The molecule has 1 unspecified atom stereocenters. The fourth-order valence-corrected chi connectivity index (χ4v) is 2.49. The molecule has 1 N–H and O–H groups in total. The van der Waals surface area contributed by atoms with Crippen LogP contribution < -0.4 is 14.8 Å². The molecule has 2 aromatic rings. The summed E-state index contributed by atoms with van der Waals surface area (Å²) < 4.78 is 10.6. The van der Waals surface area contributed by atoms with Crippen LogP contribution in [-0.4, -0.2) is 12.7 Å². The summed E-state index contributed by atoms with van der Waals surface area (Å²) in [5, 5.41) is 3.00. The van der Waals surface area contributed by atoms with Crippen molar-refractivity contribution in [1.29, 1.82) is 0 Å². The topological polar surface area (TPSA) is 47.6 Å². The van der Waals surface area contributed by atoms with Gasteiger partial charge >= 0.3 is 0 Å². The van der Waals surface area contributed by atoms with Crippen LogP contribution in [0.15, 0.2) is 42.5 Å². The molecular formula is C18H19NO3. The van der Waals surface area contributed by atoms with Crippen molar-refractivity contribution in [1.82, 2.24) is 0 Å². The van der Waals surface area contributed by atoms with Crippen LogP contribution in [0.1, 0.15) is 42.1 Å². The Balaban J connectivity index is 1.83. The van der Waals surface area contributed by atoms with Gasteiger partial charge in [0.05, 0.1) is 0 Å². The van der Waals surface area contributed by atoms with Crippen LogP contribution in [0.4, 0.5) is 5.69 Å². The lowest BCUT2D eigenvalue weighted by atomic mass is 9.97. The maximum atomic E-state index is 12.5. The SMILES string of the molecule is CCC(C)c1ccccc1NC(=O)c1ccc2c(c1)OCO2. The Morgan fingerprint density at radius 1 is 1.18 bits per heavy atom. The van der Waals surface area contributed by atoms with Gasteiger partial charge in [-0.15, -0.1) is 0 Å². The number of fused-ring (bicyclic) bond motifs is 1. The lowest BCUT2D eigenvalue weighted by Crippen LogP contribution is -2.13. The number of nitrogens with one attached hydrogen (secondary N) is 1. The Bertz CT molecular complexity index is 696. The fraction of sp³-hybridized carbons (Fsp3) is 0.278. The second-order valence-electron chi connectivity index (χ2n) is 5.42.